The summed E-state index contributed by atoms with van der Waals surface area (Å²) in [6.45, 7) is 8.50. The molecule has 0 amide bonds. The van der Waals surface area contributed by atoms with E-state index in [4.69, 9.17) is 4.74 Å². The van der Waals surface area contributed by atoms with Gasteiger partial charge in [0.2, 0.25) is 0 Å². The van der Waals surface area contributed by atoms with Crippen molar-refractivity contribution in [1.29, 1.82) is 0 Å². The predicted octanol–water partition coefficient (Wildman–Crippen LogP) is 5.15. The number of ether oxygens (including phenoxy) is 1. The molecule has 2 heterocycles. The Morgan fingerprint density at radius 1 is 1.21 bits per heavy atom. The first-order chi connectivity index (χ1) is 15.8. The third kappa shape index (κ3) is 7.57. The quantitative estimate of drug-likeness (QED) is 0.349. The van der Waals surface area contributed by atoms with Gasteiger partial charge in [-0.3, -0.25) is 14.6 Å². The van der Waals surface area contributed by atoms with Crippen molar-refractivity contribution in [1.82, 2.24) is 4.98 Å². The van der Waals surface area contributed by atoms with Gasteiger partial charge < -0.3 is 14.9 Å². The second-order valence-electron chi connectivity index (χ2n) is 10.1. The fourth-order valence-corrected chi connectivity index (χ4v) is 4.18. The average molecular weight is 476 g/mol. The number of carbonyl (C=O) groups is 2. The fourth-order valence-electron chi connectivity index (χ4n) is 4.18. The number of hydrogen-bond donors (Lipinski definition) is 2. The first-order valence-corrected chi connectivity index (χ1v) is 12.0. The van der Waals surface area contributed by atoms with Crippen LogP contribution in [0.15, 0.2) is 41.9 Å². The number of esters is 1. The van der Waals surface area contributed by atoms with E-state index in [2.05, 4.69) is 4.98 Å². The number of pyridine rings is 1. The first-order valence-electron chi connectivity index (χ1n) is 12.0. The lowest BCUT2D eigenvalue weighted by atomic mass is 9.73. The number of carbonyl (C=O) groups excluding carboxylic acids is 2. The highest BCUT2D eigenvalue weighted by molar-refractivity contribution is 5.87. The number of cyclic esters (lactones) is 1. The molecule has 0 spiro atoms. The summed E-state index contributed by atoms with van der Waals surface area (Å²) in [6.07, 6.45) is 5.66. The second-order valence-corrected chi connectivity index (χ2v) is 10.1. The third-order valence-corrected chi connectivity index (χ3v) is 6.82. The van der Waals surface area contributed by atoms with Crippen molar-refractivity contribution in [2.75, 3.05) is 0 Å². The van der Waals surface area contributed by atoms with E-state index in [-0.39, 0.29) is 25.0 Å². The third-order valence-electron chi connectivity index (χ3n) is 6.82. The van der Waals surface area contributed by atoms with Crippen LogP contribution in [-0.4, -0.2) is 38.8 Å². The molecule has 0 aromatic carbocycles. The largest absolute Gasteiger partial charge is 0.455 e. The maximum absolute atomic E-state index is 15.1. The molecule has 0 saturated heterocycles. The number of allylic oxidation sites excluding steroid dienone is 1. The van der Waals surface area contributed by atoms with Gasteiger partial charge in [-0.1, -0.05) is 45.4 Å². The Hall–Kier alpha value is -2.38. The van der Waals surface area contributed by atoms with Gasteiger partial charge >= 0.3 is 5.97 Å². The minimum absolute atomic E-state index is 0.0963. The number of rotatable bonds is 2. The van der Waals surface area contributed by atoms with E-state index in [1.54, 1.807) is 45.2 Å². The molecule has 2 rings (SSSR count). The minimum atomic E-state index is -2.14. The Morgan fingerprint density at radius 3 is 2.56 bits per heavy atom. The standard InChI is InChI=1S/C27H38FNO5/c1-18-9-8-10-19(2)27(32,33)20(3)25(31)26(4,5)15-14-24(30)34-23(13-12-18)22(28)17-21-11-6-7-16-29-21/h6-7,11-12,16-17,19-20,23,32-33H,8-10,13-15H2,1-5H3. The zero-order valence-corrected chi connectivity index (χ0v) is 20.9. The predicted molar refractivity (Wildman–Crippen MR) is 129 cm³/mol. The molecule has 0 bridgehead atoms. The molecule has 0 radical (unpaired) electrons. The highest BCUT2D eigenvalue weighted by Crippen LogP contribution is 2.36. The molecule has 34 heavy (non-hydrogen) atoms. The summed E-state index contributed by atoms with van der Waals surface area (Å²) in [5.74, 6) is -5.23. The highest BCUT2D eigenvalue weighted by atomic mass is 19.1. The number of Topliss-reactive ketones (excluding diaryl/α,β-unsaturated/α-hetero) is 1. The Balaban J connectivity index is 2.31. The van der Waals surface area contributed by atoms with E-state index >= 15 is 4.39 Å². The fraction of sp³-hybridized carbons (Fsp3) is 0.593. The van der Waals surface area contributed by atoms with Crippen molar-refractivity contribution >= 4 is 17.8 Å². The number of halogens is 1. The second kappa shape index (κ2) is 11.8. The van der Waals surface area contributed by atoms with Gasteiger partial charge in [0.05, 0.1) is 11.6 Å². The normalized spacial score (nSPS) is 27.6. The summed E-state index contributed by atoms with van der Waals surface area (Å²) in [6, 6.07) is 5.14. The monoisotopic (exact) mass is 475 g/mol. The summed E-state index contributed by atoms with van der Waals surface area (Å²) in [4.78, 5) is 29.8. The van der Waals surface area contributed by atoms with Gasteiger partial charge in [-0.15, -0.1) is 0 Å². The lowest BCUT2D eigenvalue weighted by Gasteiger charge is -2.37. The van der Waals surface area contributed by atoms with Crippen molar-refractivity contribution in [2.45, 2.75) is 85.0 Å². The number of ketones is 1. The number of nitrogens with zero attached hydrogens (tertiary/aromatic N) is 1. The molecule has 2 N–H and O–H groups in total. The molecule has 0 fully saturated rings. The van der Waals surface area contributed by atoms with E-state index in [9.17, 15) is 19.8 Å². The number of hydrogen-bond acceptors (Lipinski definition) is 6. The van der Waals surface area contributed by atoms with Crippen molar-refractivity contribution in [3.8, 4) is 0 Å². The average Bonchev–Trinajstić information content (AvgIpc) is 2.79. The number of aromatic nitrogens is 1. The van der Waals surface area contributed by atoms with Crippen LogP contribution < -0.4 is 0 Å². The lowest BCUT2D eigenvalue weighted by molar-refractivity contribution is -0.230. The molecule has 3 atom stereocenters. The van der Waals surface area contributed by atoms with Crippen LogP contribution in [0.1, 0.15) is 78.8 Å². The van der Waals surface area contributed by atoms with Crippen LogP contribution in [0.25, 0.3) is 6.08 Å². The van der Waals surface area contributed by atoms with E-state index in [0.29, 0.717) is 25.0 Å². The van der Waals surface area contributed by atoms with Gasteiger partial charge in [0.1, 0.15) is 11.6 Å². The molecule has 1 aromatic rings. The number of aliphatic hydroxyl groups is 2. The van der Waals surface area contributed by atoms with Crippen LogP contribution in [0.5, 0.6) is 0 Å². The van der Waals surface area contributed by atoms with Crippen LogP contribution in [-0.2, 0) is 14.3 Å². The molecular formula is C27H38FNO5. The SMILES string of the molecule is CC1=CCC(C(F)=Cc2ccccn2)OC(=O)CCC(C)(C)C(=O)C(C)C(O)(O)C(C)CCC1. The first kappa shape index (κ1) is 27.9. The van der Waals surface area contributed by atoms with E-state index in [0.717, 1.165) is 5.57 Å². The molecule has 7 heteroatoms. The van der Waals surface area contributed by atoms with Crippen molar-refractivity contribution in [3.63, 3.8) is 0 Å². The Morgan fingerprint density at radius 2 is 1.91 bits per heavy atom. The molecule has 188 valence electrons. The molecule has 1 aliphatic rings. The van der Waals surface area contributed by atoms with Gasteiger partial charge in [0, 0.05) is 30.4 Å². The maximum Gasteiger partial charge on any atom is 0.306 e. The lowest BCUT2D eigenvalue weighted by Crippen LogP contribution is -2.49. The van der Waals surface area contributed by atoms with Gasteiger partial charge in [0.15, 0.2) is 11.9 Å². The van der Waals surface area contributed by atoms with Gasteiger partial charge in [-0.25, -0.2) is 4.39 Å². The van der Waals surface area contributed by atoms with Crippen molar-refractivity contribution in [3.05, 3.63) is 47.6 Å². The smallest absolute Gasteiger partial charge is 0.306 e. The van der Waals surface area contributed by atoms with E-state index < -0.39 is 40.9 Å². The van der Waals surface area contributed by atoms with Gasteiger partial charge in [0.25, 0.3) is 0 Å². The summed E-state index contributed by atoms with van der Waals surface area (Å²) in [7, 11) is 0. The molecule has 3 unspecified atom stereocenters. The Bertz CT molecular complexity index is 907. The van der Waals surface area contributed by atoms with E-state index in [1.807, 2.05) is 13.0 Å². The maximum atomic E-state index is 15.1. The Kier molecular flexibility index (Phi) is 9.71. The van der Waals surface area contributed by atoms with Crippen molar-refractivity contribution in [2.24, 2.45) is 17.3 Å². The van der Waals surface area contributed by atoms with Crippen LogP contribution in [0.4, 0.5) is 4.39 Å². The minimum Gasteiger partial charge on any atom is -0.455 e. The summed E-state index contributed by atoms with van der Waals surface area (Å²) in [5.41, 5.74) is 0.424. The molecular weight excluding hydrogens is 437 g/mol. The van der Waals surface area contributed by atoms with Crippen LogP contribution in [0.2, 0.25) is 0 Å². The Labute approximate surface area is 201 Å². The van der Waals surface area contributed by atoms with Gasteiger partial charge in [-0.05, 0) is 50.8 Å². The zero-order chi connectivity index (χ0) is 25.5. The molecule has 1 aromatic heterocycles. The zero-order valence-electron chi connectivity index (χ0n) is 20.9. The molecule has 0 saturated carbocycles. The summed E-state index contributed by atoms with van der Waals surface area (Å²) in [5, 5.41) is 21.5. The molecule has 0 aliphatic carbocycles. The van der Waals surface area contributed by atoms with Gasteiger partial charge in [-0.2, -0.15) is 0 Å². The summed E-state index contributed by atoms with van der Waals surface area (Å²) < 4.78 is 20.6. The molecule has 1 aliphatic heterocycles. The molecule has 6 nitrogen and oxygen atoms in total. The topological polar surface area (TPSA) is 96.7 Å². The van der Waals surface area contributed by atoms with Crippen molar-refractivity contribution < 1.29 is 28.9 Å². The summed E-state index contributed by atoms with van der Waals surface area (Å²) >= 11 is 0. The highest BCUT2D eigenvalue weighted by Gasteiger charge is 2.45. The van der Waals surface area contributed by atoms with Crippen LogP contribution in [0.3, 0.4) is 0 Å². The van der Waals surface area contributed by atoms with Crippen LogP contribution >= 0.6 is 0 Å². The van der Waals surface area contributed by atoms with Crippen LogP contribution in [0, 0.1) is 17.3 Å². The van der Waals surface area contributed by atoms with E-state index in [1.165, 1.54) is 13.0 Å².